The molecule has 0 saturated carbocycles. The van der Waals surface area contributed by atoms with E-state index >= 15 is 0 Å². The Labute approximate surface area is 144 Å². The molecule has 3 aromatic rings. The molecule has 1 amide bonds. The summed E-state index contributed by atoms with van der Waals surface area (Å²) >= 11 is 0. The largest absolute Gasteiger partial charge is 0.369 e. The lowest BCUT2D eigenvalue weighted by Crippen LogP contribution is -2.18. The zero-order valence-corrected chi connectivity index (χ0v) is 13.5. The molecule has 4 heterocycles. The third-order valence-corrected chi connectivity index (χ3v) is 4.06. The van der Waals surface area contributed by atoms with Crippen LogP contribution in [0.1, 0.15) is 23.2 Å². The van der Waals surface area contributed by atoms with Crippen LogP contribution in [0.3, 0.4) is 0 Å². The van der Waals surface area contributed by atoms with E-state index < -0.39 is 0 Å². The first kappa shape index (κ1) is 15.3. The normalized spacial score (nSPS) is 13.8. The van der Waals surface area contributed by atoms with Crippen LogP contribution in [-0.4, -0.2) is 43.7 Å². The second-order valence-corrected chi connectivity index (χ2v) is 5.80. The first-order valence-electron chi connectivity index (χ1n) is 8.13. The van der Waals surface area contributed by atoms with Crippen molar-refractivity contribution in [3.05, 3.63) is 54.9 Å². The van der Waals surface area contributed by atoms with Crippen LogP contribution in [0, 0.1) is 0 Å². The highest BCUT2D eigenvalue weighted by atomic mass is 16.1. The Hall–Kier alpha value is -3.29. The predicted molar refractivity (Wildman–Crippen MR) is 92.8 cm³/mol. The molecule has 1 aliphatic rings. The number of nitrogens with zero attached hydrogens (tertiary/aromatic N) is 6. The molecule has 1 fully saturated rings. The van der Waals surface area contributed by atoms with Gasteiger partial charge >= 0.3 is 0 Å². The van der Waals surface area contributed by atoms with E-state index in [2.05, 4.69) is 30.3 Å². The summed E-state index contributed by atoms with van der Waals surface area (Å²) in [6, 6.07) is 3.42. The topological polar surface area (TPSA) is 88.8 Å². The highest BCUT2D eigenvalue weighted by molar-refractivity contribution is 6.03. The van der Waals surface area contributed by atoms with Gasteiger partial charge in [0.15, 0.2) is 0 Å². The molecule has 126 valence electrons. The quantitative estimate of drug-likeness (QED) is 0.783. The summed E-state index contributed by atoms with van der Waals surface area (Å²) in [6.07, 6.45) is 12.4. The molecule has 8 nitrogen and oxygen atoms in total. The van der Waals surface area contributed by atoms with Crippen molar-refractivity contribution in [3.8, 4) is 5.95 Å². The van der Waals surface area contributed by atoms with Crippen LogP contribution in [-0.2, 0) is 0 Å². The Morgan fingerprint density at radius 3 is 2.60 bits per heavy atom. The highest BCUT2D eigenvalue weighted by Crippen LogP contribution is 2.18. The number of aromatic nitrogens is 5. The molecule has 1 N–H and O–H groups in total. The monoisotopic (exact) mass is 335 g/mol. The number of carbonyl (C=O) groups is 1. The van der Waals surface area contributed by atoms with Crippen LogP contribution >= 0.6 is 0 Å². The van der Waals surface area contributed by atoms with Crippen LogP contribution < -0.4 is 10.2 Å². The molecule has 1 aliphatic heterocycles. The van der Waals surface area contributed by atoms with Gasteiger partial charge in [-0.2, -0.15) is 5.10 Å². The van der Waals surface area contributed by atoms with E-state index in [-0.39, 0.29) is 5.91 Å². The molecule has 0 aliphatic carbocycles. The highest BCUT2D eigenvalue weighted by Gasteiger charge is 2.14. The summed E-state index contributed by atoms with van der Waals surface area (Å²) < 4.78 is 1.53. The maximum absolute atomic E-state index is 12.1. The van der Waals surface area contributed by atoms with Crippen molar-refractivity contribution >= 4 is 17.3 Å². The lowest BCUT2D eigenvalue weighted by Gasteiger charge is -2.16. The van der Waals surface area contributed by atoms with Gasteiger partial charge in [0.2, 0.25) is 0 Å². The van der Waals surface area contributed by atoms with E-state index in [9.17, 15) is 4.79 Å². The summed E-state index contributed by atoms with van der Waals surface area (Å²) in [4.78, 5) is 27.1. The van der Waals surface area contributed by atoms with E-state index in [0.717, 1.165) is 18.8 Å². The van der Waals surface area contributed by atoms with Gasteiger partial charge in [-0.25, -0.2) is 14.6 Å². The number of nitrogens with one attached hydrogen (secondary N) is 1. The lowest BCUT2D eigenvalue weighted by molar-refractivity contribution is 0.102. The van der Waals surface area contributed by atoms with Gasteiger partial charge in [0.25, 0.3) is 11.9 Å². The number of pyridine rings is 1. The van der Waals surface area contributed by atoms with Gasteiger partial charge in [0.1, 0.15) is 0 Å². The minimum absolute atomic E-state index is 0.238. The Morgan fingerprint density at radius 2 is 1.88 bits per heavy atom. The van der Waals surface area contributed by atoms with E-state index in [1.54, 1.807) is 30.7 Å². The van der Waals surface area contributed by atoms with Crippen LogP contribution in [0.4, 0.5) is 11.4 Å². The second kappa shape index (κ2) is 6.68. The molecule has 8 heteroatoms. The number of rotatable bonds is 4. The Morgan fingerprint density at radius 1 is 1.08 bits per heavy atom. The zero-order valence-electron chi connectivity index (χ0n) is 13.5. The SMILES string of the molecule is O=C(Nc1cnn(-c2ncc(N3CCCC3)cn2)c1)c1cccnc1. The Kier molecular flexibility index (Phi) is 4.07. The van der Waals surface area contributed by atoms with Crippen LogP contribution in [0.2, 0.25) is 0 Å². The van der Waals surface area contributed by atoms with Gasteiger partial charge < -0.3 is 10.2 Å². The van der Waals surface area contributed by atoms with Crippen LogP contribution in [0.5, 0.6) is 0 Å². The van der Waals surface area contributed by atoms with Crippen molar-refractivity contribution in [3.63, 3.8) is 0 Å². The Balaban J connectivity index is 1.46. The molecule has 1 saturated heterocycles. The standard InChI is InChI=1S/C17H17N7O/c25-16(13-4-3-5-18-8-13)22-14-9-21-24(12-14)17-19-10-15(11-20-17)23-6-1-2-7-23/h3-5,8-12H,1-2,6-7H2,(H,22,25). The summed E-state index contributed by atoms with van der Waals surface area (Å²) in [7, 11) is 0. The average molecular weight is 335 g/mol. The van der Waals surface area contributed by atoms with Gasteiger partial charge in [-0.3, -0.25) is 9.78 Å². The predicted octanol–water partition coefficient (Wildman–Crippen LogP) is 1.91. The number of carbonyl (C=O) groups excluding carboxylic acids is 1. The third kappa shape index (κ3) is 3.32. The molecule has 0 radical (unpaired) electrons. The fourth-order valence-electron chi connectivity index (χ4n) is 2.77. The summed E-state index contributed by atoms with van der Waals surface area (Å²) in [6.45, 7) is 2.10. The zero-order chi connectivity index (χ0) is 17.1. The Bertz CT molecular complexity index is 854. The molecular weight excluding hydrogens is 318 g/mol. The second-order valence-electron chi connectivity index (χ2n) is 5.80. The van der Waals surface area contributed by atoms with Crippen LogP contribution in [0.15, 0.2) is 49.3 Å². The number of anilines is 2. The fourth-order valence-corrected chi connectivity index (χ4v) is 2.77. The van der Waals surface area contributed by atoms with Gasteiger partial charge in [-0.05, 0) is 25.0 Å². The van der Waals surface area contributed by atoms with Crippen molar-refractivity contribution in [1.29, 1.82) is 0 Å². The number of hydrogen-bond acceptors (Lipinski definition) is 6. The molecule has 0 spiro atoms. The van der Waals surface area contributed by atoms with E-state index in [1.165, 1.54) is 23.7 Å². The van der Waals surface area contributed by atoms with Crippen molar-refractivity contribution in [2.45, 2.75) is 12.8 Å². The smallest absolute Gasteiger partial charge is 0.257 e. The maximum Gasteiger partial charge on any atom is 0.257 e. The van der Waals surface area contributed by atoms with Crippen molar-refractivity contribution in [1.82, 2.24) is 24.7 Å². The molecule has 0 atom stereocenters. The van der Waals surface area contributed by atoms with Crippen molar-refractivity contribution in [2.24, 2.45) is 0 Å². The first-order valence-corrected chi connectivity index (χ1v) is 8.13. The van der Waals surface area contributed by atoms with Gasteiger partial charge in [-0.15, -0.1) is 0 Å². The first-order chi connectivity index (χ1) is 12.3. The fraction of sp³-hybridized carbons (Fsp3) is 0.235. The van der Waals surface area contributed by atoms with Gasteiger partial charge in [0, 0.05) is 25.5 Å². The lowest BCUT2D eigenvalue weighted by atomic mass is 10.3. The van der Waals surface area contributed by atoms with Gasteiger partial charge in [0.05, 0.1) is 41.7 Å². The van der Waals surface area contributed by atoms with Crippen LogP contribution in [0.25, 0.3) is 5.95 Å². The minimum Gasteiger partial charge on any atom is -0.369 e. The molecule has 0 unspecified atom stereocenters. The molecule has 3 aromatic heterocycles. The number of hydrogen-bond donors (Lipinski definition) is 1. The average Bonchev–Trinajstić information content (AvgIpc) is 3.35. The number of amides is 1. The summed E-state index contributed by atoms with van der Waals surface area (Å²) in [5.41, 5.74) is 2.08. The van der Waals surface area contributed by atoms with Crippen molar-refractivity contribution in [2.75, 3.05) is 23.3 Å². The van der Waals surface area contributed by atoms with E-state index in [4.69, 9.17) is 0 Å². The van der Waals surface area contributed by atoms with E-state index in [0.29, 0.717) is 17.2 Å². The van der Waals surface area contributed by atoms with Crippen molar-refractivity contribution < 1.29 is 4.79 Å². The van der Waals surface area contributed by atoms with Gasteiger partial charge in [-0.1, -0.05) is 0 Å². The molecule has 4 rings (SSSR count). The molecule has 25 heavy (non-hydrogen) atoms. The minimum atomic E-state index is -0.238. The molecule has 0 bridgehead atoms. The molecule has 0 aromatic carbocycles. The van der Waals surface area contributed by atoms with E-state index in [1.807, 2.05) is 12.4 Å². The summed E-state index contributed by atoms with van der Waals surface area (Å²) in [5, 5.41) is 6.99. The maximum atomic E-state index is 12.1. The third-order valence-electron chi connectivity index (χ3n) is 4.06. The summed E-state index contributed by atoms with van der Waals surface area (Å²) in [5.74, 6) is 0.225. The molecular formula is C17H17N7O.